The molecule has 0 bridgehead atoms. The molecular formula is C18H17BrN2O7S. The summed E-state index contributed by atoms with van der Waals surface area (Å²) in [5, 5.41) is 9.94. The Morgan fingerprint density at radius 1 is 1.17 bits per heavy atom. The minimum Gasteiger partial charge on any atom is -0.477 e. The number of β-lactam (4-membered cyclic amide) rings is 1. The Labute approximate surface area is 177 Å². The molecule has 154 valence electrons. The number of hydrogen-bond acceptors (Lipinski definition) is 7. The van der Waals surface area contributed by atoms with Crippen LogP contribution < -0.4 is 0 Å². The van der Waals surface area contributed by atoms with E-state index in [1.54, 1.807) is 12.1 Å². The van der Waals surface area contributed by atoms with Crippen LogP contribution in [0.15, 0.2) is 24.3 Å². The second-order valence-corrected chi connectivity index (χ2v) is 9.27. The molecule has 1 aromatic rings. The van der Waals surface area contributed by atoms with Crippen molar-refractivity contribution in [2.45, 2.75) is 37.3 Å². The first-order chi connectivity index (χ1) is 13.5. The number of halogens is 1. The van der Waals surface area contributed by atoms with Crippen molar-refractivity contribution in [3.63, 3.8) is 0 Å². The van der Waals surface area contributed by atoms with Crippen molar-refractivity contribution in [3.05, 3.63) is 35.4 Å². The lowest BCUT2D eigenvalue weighted by Crippen LogP contribution is -2.78. The molecule has 0 radical (unpaired) electrons. The number of fused-ring (bicyclic) bond motifs is 1. The zero-order chi connectivity index (χ0) is 21.7. The van der Waals surface area contributed by atoms with Gasteiger partial charge in [-0.05, 0) is 40.8 Å². The standard InChI is InChI=1S/C18H17BrN2O7S/c1-9(22)28-18(16(26)27,17(2,3)29-19)20-8-12(15(20)25)21-13(23)10-6-4-5-7-11(10)14(21)24/h4-7,12H,8H2,1-3H3,(H,26,27). The number of carboxylic acid groups (broad SMARTS) is 1. The Kier molecular flexibility index (Phi) is 5.24. The molecule has 3 amide bonds. The van der Waals surface area contributed by atoms with Gasteiger partial charge < -0.3 is 9.84 Å². The van der Waals surface area contributed by atoms with Gasteiger partial charge in [-0.25, -0.2) is 4.79 Å². The molecule has 2 unspecified atom stereocenters. The van der Waals surface area contributed by atoms with Gasteiger partial charge in [0.15, 0.2) is 0 Å². The monoisotopic (exact) mass is 484 g/mol. The van der Waals surface area contributed by atoms with Crippen LogP contribution in [0, 0.1) is 0 Å². The largest absolute Gasteiger partial charge is 0.477 e. The zero-order valence-corrected chi connectivity index (χ0v) is 18.1. The molecule has 11 heteroatoms. The average molecular weight is 485 g/mol. The fraction of sp³-hybridized carbons (Fsp3) is 0.389. The second-order valence-electron chi connectivity index (χ2n) is 7.12. The summed E-state index contributed by atoms with van der Waals surface area (Å²) in [5.74, 6) is -4.46. The lowest BCUT2D eigenvalue weighted by molar-refractivity contribution is -0.222. The van der Waals surface area contributed by atoms with Gasteiger partial charge in [-0.1, -0.05) is 22.3 Å². The number of benzene rings is 1. The molecule has 29 heavy (non-hydrogen) atoms. The molecule has 2 heterocycles. The van der Waals surface area contributed by atoms with E-state index in [9.17, 15) is 29.1 Å². The van der Waals surface area contributed by atoms with Crippen LogP contribution in [-0.2, 0) is 19.1 Å². The lowest BCUT2D eigenvalue weighted by Gasteiger charge is -2.54. The van der Waals surface area contributed by atoms with Crippen LogP contribution in [-0.4, -0.2) is 67.6 Å². The number of nitrogens with zero attached hydrogens (tertiary/aromatic N) is 2. The second kappa shape index (κ2) is 7.13. The third-order valence-corrected chi connectivity index (χ3v) is 8.10. The number of rotatable bonds is 6. The molecule has 1 fully saturated rings. The molecule has 0 aromatic heterocycles. The van der Waals surface area contributed by atoms with E-state index in [0.29, 0.717) is 0 Å². The minimum atomic E-state index is -2.33. The summed E-state index contributed by atoms with van der Waals surface area (Å²) in [5.41, 5.74) is -1.96. The molecule has 0 aliphatic carbocycles. The van der Waals surface area contributed by atoms with Crippen molar-refractivity contribution in [2.75, 3.05) is 6.54 Å². The zero-order valence-electron chi connectivity index (χ0n) is 15.7. The minimum absolute atomic E-state index is 0.185. The van der Waals surface area contributed by atoms with E-state index in [0.717, 1.165) is 26.9 Å². The van der Waals surface area contributed by atoms with E-state index >= 15 is 0 Å². The Morgan fingerprint density at radius 3 is 2.07 bits per heavy atom. The number of carboxylic acids is 1. The summed E-state index contributed by atoms with van der Waals surface area (Å²) in [6.07, 6.45) is 0. The Hall–Kier alpha value is -2.40. The third kappa shape index (κ3) is 2.94. The van der Waals surface area contributed by atoms with Crippen LogP contribution in [0.5, 0.6) is 0 Å². The molecule has 1 N–H and O–H groups in total. The maximum absolute atomic E-state index is 13.0. The van der Waals surface area contributed by atoms with E-state index in [1.165, 1.54) is 26.0 Å². The molecular weight excluding hydrogens is 468 g/mol. The Morgan fingerprint density at radius 2 is 1.69 bits per heavy atom. The molecule has 3 rings (SSSR count). The average Bonchev–Trinajstić information content (AvgIpc) is 2.90. The van der Waals surface area contributed by atoms with Gasteiger partial charge in [0.25, 0.3) is 17.7 Å². The van der Waals surface area contributed by atoms with E-state index < -0.39 is 46.2 Å². The third-order valence-electron chi connectivity index (χ3n) is 5.01. The molecule has 9 nitrogen and oxygen atoms in total. The van der Waals surface area contributed by atoms with Crippen molar-refractivity contribution in [2.24, 2.45) is 0 Å². The SMILES string of the molecule is CC(=O)OC(C(=O)O)(N1CC(N2C(=O)c3ccccc3C2=O)C1=O)C(C)(C)SBr. The van der Waals surface area contributed by atoms with Gasteiger partial charge in [-0.15, -0.1) is 0 Å². The molecule has 0 spiro atoms. The van der Waals surface area contributed by atoms with Gasteiger partial charge in [0, 0.05) is 6.92 Å². The van der Waals surface area contributed by atoms with Gasteiger partial charge in [-0.3, -0.25) is 29.0 Å². The van der Waals surface area contributed by atoms with Crippen LogP contribution >= 0.6 is 25.0 Å². The van der Waals surface area contributed by atoms with E-state index in [1.807, 2.05) is 0 Å². The number of hydrogen-bond donors (Lipinski definition) is 1. The number of carbonyl (C=O) groups is 5. The highest BCUT2D eigenvalue weighted by Gasteiger charge is 2.67. The first-order valence-corrected chi connectivity index (χ1v) is 11.2. The van der Waals surface area contributed by atoms with Gasteiger partial charge in [-0.2, -0.15) is 0 Å². The van der Waals surface area contributed by atoms with Gasteiger partial charge >= 0.3 is 17.7 Å². The summed E-state index contributed by atoms with van der Waals surface area (Å²) >= 11 is 3.13. The van der Waals surface area contributed by atoms with E-state index in [4.69, 9.17) is 4.74 Å². The van der Waals surface area contributed by atoms with E-state index in [2.05, 4.69) is 14.8 Å². The molecule has 2 aliphatic rings. The van der Waals surface area contributed by atoms with Crippen LogP contribution in [0.1, 0.15) is 41.5 Å². The summed E-state index contributed by atoms with van der Waals surface area (Å²) in [6.45, 7) is 3.75. The smallest absolute Gasteiger partial charge is 0.371 e. The van der Waals surface area contributed by atoms with Crippen molar-refractivity contribution >= 4 is 54.7 Å². The molecule has 1 aromatic carbocycles. The highest BCUT2D eigenvalue weighted by atomic mass is 79.9. The van der Waals surface area contributed by atoms with Crippen LogP contribution in [0.25, 0.3) is 0 Å². The van der Waals surface area contributed by atoms with Crippen molar-refractivity contribution in [1.82, 2.24) is 9.80 Å². The Bertz CT molecular complexity index is 915. The first-order valence-electron chi connectivity index (χ1n) is 8.50. The number of ether oxygens (including phenoxy) is 1. The topological polar surface area (TPSA) is 121 Å². The van der Waals surface area contributed by atoms with Gasteiger partial charge in [0.1, 0.15) is 6.04 Å². The Balaban J connectivity index is 1.96. The number of carbonyl (C=O) groups excluding carboxylic acids is 4. The fourth-order valence-corrected chi connectivity index (χ4v) is 4.56. The quantitative estimate of drug-likeness (QED) is 0.367. The summed E-state index contributed by atoms with van der Waals surface area (Å²) < 4.78 is 3.88. The fourth-order valence-electron chi connectivity index (χ4n) is 3.56. The van der Waals surface area contributed by atoms with Crippen molar-refractivity contribution in [3.8, 4) is 0 Å². The van der Waals surface area contributed by atoms with Gasteiger partial charge in [0.2, 0.25) is 0 Å². The van der Waals surface area contributed by atoms with Crippen LogP contribution in [0.2, 0.25) is 0 Å². The highest BCUT2D eigenvalue weighted by molar-refractivity contribution is 9.50. The molecule has 1 saturated heterocycles. The number of likely N-dealkylation sites (tertiary alicyclic amines) is 1. The summed E-state index contributed by atoms with van der Waals surface area (Å²) in [4.78, 5) is 63.9. The summed E-state index contributed by atoms with van der Waals surface area (Å²) in [6, 6.07) is 5.01. The van der Waals surface area contributed by atoms with Crippen LogP contribution in [0.4, 0.5) is 0 Å². The molecule has 0 saturated carbocycles. The maximum atomic E-state index is 13.0. The van der Waals surface area contributed by atoms with Gasteiger partial charge in [0.05, 0.1) is 22.4 Å². The first kappa shape index (κ1) is 21.3. The lowest BCUT2D eigenvalue weighted by atomic mass is 9.90. The number of imide groups is 1. The molecule has 2 atom stereocenters. The van der Waals surface area contributed by atoms with Crippen LogP contribution in [0.3, 0.4) is 0 Å². The van der Waals surface area contributed by atoms with E-state index in [-0.39, 0.29) is 17.7 Å². The number of aliphatic carboxylic acids is 1. The van der Waals surface area contributed by atoms with Crippen molar-refractivity contribution in [1.29, 1.82) is 0 Å². The summed E-state index contributed by atoms with van der Waals surface area (Å²) in [7, 11) is 0.921. The van der Waals surface area contributed by atoms with Crippen molar-refractivity contribution < 1.29 is 33.8 Å². The number of amides is 3. The maximum Gasteiger partial charge on any atom is 0.371 e. The highest BCUT2D eigenvalue weighted by Crippen LogP contribution is 2.47. The number of esters is 1. The normalized spacial score (nSPS) is 20.8. The predicted octanol–water partition coefficient (Wildman–Crippen LogP) is 1.66. The molecule has 2 aliphatic heterocycles. The predicted molar refractivity (Wildman–Crippen MR) is 105 cm³/mol.